The molecular weight excluding hydrogens is 226 g/mol. The van der Waals surface area contributed by atoms with Crippen molar-refractivity contribution >= 4 is 28.9 Å². The summed E-state index contributed by atoms with van der Waals surface area (Å²) in [5.74, 6) is -0.159. The lowest BCUT2D eigenvalue weighted by Crippen LogP contribution is -2.18. The van der Waals surface area contributed by atoms with Gasteiger partial charge in [-0.25, -0.2) is 0 Å². The number of carbonyl (C=O) groups excluding carboxylic acids is 1. The van der Waals surface area contributed by atoms with Crippen molar-refractivity contribution in [2.45, 2.75) is 0 Å². The highest BCUT2D eigenvalue weighted by Crippen LogP contribution is 2.20. The fourth-order valence-corrected chi connectivity index (χ4v) is 1.25. The molecule has 4 nitrogen and oxygen atoms in total. The molecule has 0 aliphatic rings. The molecule has 1 rings (SSSR count). The van der Waals surface area contributed by atoms with Gasteiger partial charge in [0.25, 0.3) is 5.91 Å². The molecule has 86 valence electrons. The van der Waals surface area contributed by atoms with Gasteiger partial charge in [0.05, 0.1) is 17.9 Å². The van der Waals surface area contributed by atoms with Crippen molar-refractivity contribution in [1.29, 1.82) is 0 Å². The summed E-state index contributed by atoms with van der Waals surface area (Å²) < 4.78 is 0. The second kappa shape index (κ2) is 5.42. The Hall–Kier alpha value is -1.68. The molecule has 0 bridgehead atoms. The molecule has 5 heteroatoms. The molecule has 0 saturated heterocycles. The quantitative estimate of drug-likeness (QED) is 0.702. The van der Waals surface area contributed by atoms with Crippen LogP contribution in [0.3, 0.4) is 0 Å². The third kappa shape index (κ3) is 3.17. The largest absolute Gasteiger partial charge is 0.397 e. The second-order valence-electron chi connectivity index (χ2n) is 3.25. The molecule has 1 aromatic carbocycles. The molecule has 0 unspecified atom stereocenters. The topological polar surface area (TPSA) is 67.2 Å². The molecule has 0 aromatic heterocycles. The molecule has 0 radical (unpaired) electrons. The van der Waals surface area contributed by atoms with Crippen molar-refractivity contribution < 1.29 is 4.79 Å². The maximum absolute atomic E-state index is 11.4. The molecule has 0 spiro atoms. The predicted octanol–water partition coefficient (Wildman–Crippen LogP) is 1.79. The van der Waals surface area contributed by atoms with Gasteiger partial charge in [-0.05, 0) is 18.2 Å². The van der Waals surface area contributed by atoms with Crippen molar-refractivity contribution in [1.82, 2.24) is 5.32 Å². The standard InChI is InChI=1S/C11H14ClN3O/c1-7(12)6-15-10-5-8(11(16)14-2)3-4-9(10)13/h3-5,15H,1,6,13H2,2H3,(H,14,16). The SMILES string of the molecule is C=C(Cl)CNc1cc(C(=O)NC)ccc1N. The van der Waals surface area contributed by atoms with E-state index in [9.17, 15) is 4.79 Å². The zero-order valence-electron chi connectivity index (χ0n) is 9.01. The van der Waals surface area contributed by atoms with Gasteiger partial charge in [-0.1, -0.05) is 18.2 Å². The van der Waals surface area contributed by atoms with Crippen molar-refractivity contribution in [2.24, 2.45) is 0 Å². The molecular formula is C11H14ClN3O. The zero-order valence-corrected chi connectivity index (χ0v) is 9.77. The Morgan fingerprint density at radius 3 is 2.81 bits per heavy atom. The smallest absolute Gasteiger partial charge is 0.251 e. The van der Waals surface area contributed by atoms with Crippen LogP contribution in [0.4, 0.5) is 11.4 Å². The lowest BCUT2D eigenvalue weighted by Gasteiger charge is -2.10. The van der Waals surface area contributed by atoms with E-state index in [1.54, 1.807) is 25.2 Å². The van der Waals surface area contributed by atoms with Gasteiger partial charge in [0, 0.05) is 17.6 Å². The summed E-state index contributed by atoms with van der Waals surface area (Å²) in [7, 11) is 1.58. The van der Waals surface area contributed by atoms with Crippen LogP contribution in [-0.2, 0) is 0 Å². The van der Waals surface area contributed by atoms with E-state index in [0.717, 1.165) is 0 Å². The van der Waals surface area contributed by atoms with E-state index in [2.05, 4.69) is 17.2 Å². The van der Waals surface area contributed by atoms with Crippen molar-refractivity contribution in [2.75, 3.05) is 24.6 Å². The van der Waals surface area contributed by atoms with Crippen LogP contribution in [0.2, 0.25) is 0 Å². The first-order chi connectivity index (χ1) is 7.54. The summed E-state index contributed by atoms with van der Waals surface area (Å²) in [5.41, 5.74) is 7.52. The van der Waals surface area contributed by atoms with Crippen LogP contribution in [0, 0.1) is 0 Å². The van der Waals surface area contributed by atoms with Gasteiger partial charge in [-0.2, -0.15) is 0 Å². The highest BCUT2D eigenvalue weighted by Gasteiger charge is 2.06. The Bertz CT molecular complexity index is 418. The first-order valence-electron chi connectivity index (χ1n) is 4.73. The number of nitrogen functional groups attached to an aromatic ring is 1. The van der Waals surface area contributed by atoms with Crippen molar-refractivity contribution in [3.63, 3.8) is 0 Å². The minimum absolute atomic E-state index is 0.159. The third-order valence-electron chi connectivity index (χ3n) is 2.01. The van der Waals surface area contributed by atoms with Crippen LogP contribution >= 0.6 is 11.6 Å². The average Bonchev–Trinajstić information content (AvgIpc) is 2.26. The number of amides is 1. The molecule has 0 atom stereocenters. The molecule has 0 aliphatic carbocycles. The summed E-state index contributed by atoms with van der Waals surface area (Å²) in [5, 5.41) is 6.01. The predicted molar refractivity (Wildman–Crippen MR) is 67.7 cm³/mol. The Kier molecular flexibility index (Phi) is 4.19. The van der Waals surface area contributed by atoms with Gasteiger partial charge in [-0.3, -0.25) is 4.79 Å². The molecule has 0 saturated carbocycles. The molecule has 16 heavy (non-hydrogen) atoms. The summed E-state index contributed by atoms with van der Waals surface area (Å²) in [4.78, 5) is 11.4. The van der Waals surface area contributed by atoms with E-state index in [-0.39, 0.29) is 5.91 Å². The van der Waals surface area contributed by atoms with E-state index in [1.165, 1.54) is 0 Å². The normalized spacial score (nSPS) is 9.62. The Balaban J connectivity index is 2.90. The number of benzene rings is 1. The molecule has 4 N–H and O–H groups in total. The summed E-state index contributed by atoms with van der Waals surface area (Å²) in [6.45, 7) is 3.96. The number of nitrogens with two attached hydrogens (primary N) is 1. The van der Waals surface area contributed by atoms with E-state index >= 15 is 0 Å². The van der Waals surface area contributed by atoms with E-state index in [0.29, 0.717) is 28.5 Å². The maximum atomic E-state index is 11.4. The van der Waals surface area contributed by atoms with Gasteiger partial charge in [0.1, 0.15) is 0 Å². The lowest BCUT2D eigenvalue weighted by molar-refractivity contribution is 0.0963. The fourth-order valence-electron chi connectivity index (χ4n) is 1.19. The number of hydrogen-bond acceptors (Lipinski definition) is 3. The average molecular weight is 240 g/mol. The first kappa shape index (κ1) is 12.4. The monoisotopic (exact) mass is 239 g/mol. The van der Waals surface area contributed by atoms with Gasteiger partial charge in [0.15, 0.2) is 0 Å². The summed E-state index contributed by atoms with van der Waals surface area (Å²) >= 11 is 5.63. The van der Waals surface area contributed by atoms with Crippen LogP contribution in [0.25, 0.3) is 0 Å². The number of carbonyl (C=O) groups is 1. The van der Waals surface area contributed by atoms with Crippen LogP contribution in [0.15, 0.2) is 29.8 Å². The Morgan fingerprint density at radius 1 is 1.56 bits per heavy atom. The van der Waals surface area contributed by atoms with E-state index in [1.807, 2.05) is 0 Å². The van der Waals surface area contributed by atoms with Crippen LogP contribution in [-0.4, -0.2) is 19.5 Å². The van der Waals surface area contributed by atoms with Crippen LogP contribution < -0.4 is 16.4 Å². The fraction of sp³-hybridized carbons (Fsp3) is 0.182. The number of hydrogen-bond donors (Lipinski definition) is 3. The number of halogens is 1. The van der Waals surface area contributed by atoms with Gasteiger partial charge in [0.2, 0.25) is 0 Å². The summed E-state index contributed by atoms with van der Waals surface area (Å²) in [6, 6.07) is 5.01. The second-order valence-corrected chi connectivity index (χ2v) is 3.79. The molecule has 1 amide bonds. The number of anilines is 2. The third-order valence-corrected chi connectivity index (χ3v) is 2.15. The molecule has 1 aromatic rings. The number of nitrogens with one attached hydrogen (secondary N) is 2. The summed E-state index contributed by atoms with van der Waals surface area (Å²) in [6.07, 6.45) is 0. The Morgan fingerprint density at radius 2 is 2.25 bits per heavy atom. The highest BCUT2D eigenvalue weighted by atomic mass is 35.5. The van der Waals surface area contributed by atoms with E-state index in [4.69, 9.17) is 17.3 Å². The lowest BCUT2D eigenvalue weighted by atomic mass is 10.1. The minimum atomic E-state index is -0.159. The number of rotatable bonds is 4. The van der Waals surface area contributed by atoms with Crippen molar-refractivity contribution in [3.8, 4) is 0 Å². The molecule has 0 aliphatic heterocycles. The van der Waals surface area contributed by atoms with Crippen molar-refractivity contribution in [3.05, 3.63) is 35.4 Å². The Labute approximate surface area is 99.5 Å². The minimum Gasteiger partial charge on any atom is -0.397 e. The maximum Gasteiger partial charge on any atom is 0.251 e. The molecule has 0 heterocycles. The van der Waals surface area contributed by atoms with Gasteiger partial charge < -0.3 is 16.4 Å². The zero-order chi connectivity index (χ0) is 12.1. The highest BCUT2D eigenvalue weighted by molar-refractivity contribution is 6.29. The van der Waals surface area contributed by atoms with Crippen LogP contribution in [0.5, 0.6) is 0 Å². The molecule has 0 fully saturated rings. The first-order valence-corrected chi connectivity index (χ1v) is 5.11. The van der Waals surface area contributed by atoms with Crippen LogP contribution in [0.1, 0.15) is 10.4 Å². The van der Waals surface area contributed by atoms with E-state index < -0.39 is 0 Å². The van der Waals surface area contributed by atoms with Gasteiger partial charge in [-0.15, -0.1) is 0 Å². The van der Waals surface area contributed by atoms with Gasteiger partial charge >= 0.3 is 0 Å².